The van der Waals surface area contributed by atoms with Gasteiger partial charge >= 0.3 is 5.97 Å². The Balaban J connectivity index is 3.98. The summed E-state index contributed by atoms with van der Waals surface area (Å²) in [6.45, 7) is 4.65. The molecule has 0 bridgehead atoms. The summed E-state index contributed by atoms with van der Waals surface area (Å²) in [6.07, 6.45) is 0.610. The third-order valence-electron chi connectivity index (χ3n) is 1.82. The molecule has 0 aliphatic carbocycles. The number of nitrogens with zero attached hydrogens (tertiary/aromatic N) is 1. The van der Waals surface area contributed by atoms with Crippen LogP contribution in [0.3, 0.4) is 0 Å². The first-order valence-corrected chi connectivity index (χ1v) is 4.51. The first kappa shape index (κ1) is 12.4. The number of hydrogen-bond acceptors (Lipinski definition) is 4. The van der Waals surface area contributed by atoms with E-state index in [0.29, 0.717) is 13.0 Å². The predicted molar refractivity (Wildman–Crippen MR) is 52.4 cm³/mol. The number of carbonyl (C=O) groups is 1. The Labute approximate surface area is 80.0 Å². The van der Waals surface area contributed by atoms with Crippen molar-refractivity contribution in [2.24, 2.45) is 5.73 Å². The van der Waals surface area contributed by atoms with E-state index in [1.807, 2.05) is 19.0 Å². The largest absolute Gasteiger partial charge is 0.465 e. The molecule has 1 atom stereocenters. The summed E-state index contributed by atoms with van der Waals surface area (Å²) in [6, 6.07) is 0. The van der Waals surface area contributed by atoms with Crippen LogP contribution in [0.5, 0.6) is 0 Å². The minimum Gasteiger partial charge on any atom is -0.465 e. The first-order valence-electron chi connectivity index (χ1n) is 4.51. The Morgan fingerprint density at radius 1 is 1.54 bits per heavy atom. The van der Waals surface area contributed by atoms with Crippen LogP contribution in [-0.4, -0.2) is 43.7 Å². The molecule has 13 heavy (non-hydrogen) atoms. The molecule has 0 fully saturated rings. The van der Waals surface area contributed by atoms with E-state index in [-0.39, 0.29) is 5.97 Å². The third-order valence-corrected chi connectivity index (χ3v) is 1.82. The number of carbonyl (C=O) groups excluding carboxylic acids is 1. The normalized spacial score (nSPS) is 15.5. The highest BCUT2D eigenvalue weighted by atomic mass is 16.5. The second-order valence-electron chi connectivity index (χ2n) is 3.69. The topological polar surface area (TPSA) is 55.6 Å². The summed E-state index contributed by atoms with van der Waals surface area (Å²) in [5, 5.41) is 0. The van der Waals surface area contributed by atoms with Gasteiger partial charge in [-0.15, -0.1) is 0 Å². The number of ether oxygens (including phenoxy) is 1. The van der Waals surface area contributed by atoms with Gasteiger partial charge in [-0.1, -0.05) is 0 Å². The molecule has 0 amide bonds. The standard InChI is InChI=1S/C9H20N2O2/c1-5-13-8(12)9(2,10)6-7-11(3)4/h5-7,10H2,1-4H3. The van der Waals surface area contributed by atoms with Crippen molar-refractivity contribution in [1.29, 1.82) is 0 Å². The monoisotopic (exact) mass is 188 g/mol. The lowest BCUT2D eigenvalue weighted by atomic mass is 9.99. The molecule has 4 nitrogen and oxygen atoms in total. The molecule has 0 saturated heterocycles. The minimum absolute atomic E-state index is 0.322. The van der Waals surface area contributed by atoms with Crippen LogP contribution in [0.15, 0.2) is 0 Å². The Hall–Kier alpha value is -0.610. The second-order valence-corrected chi connectivity index (χ2v) is 3.69. The van der Waals surface area contributed by atoms with Gasteiger partial charge in [0.05, 0.1) is 6.61 Å². The van der Waals surface area contributed by atoms with Crippen LogP contribution >= 0.6 is 0 Å². The zero-order chi connectivity index (χ0) is 10.5. The molecule has 0 aliphatic rings. The Bertz CT molecular complexity index is 167. The van der Waals surface area contributed by atoms with Crippen LogP contribution in [-0.2, 0) is 9.53 Å². The molecule has 0 aliphatic heterocycles. The van der Waals surface area contributed by atoms with Crippen molar-refractivity contribution in [3.63, 3.8) is 0 Å². The smallest absolute Gasteiger partial charge is 0.325 e. The molecule has 0 saturated carbocycles. The summed E-state index contributed by atoms with van der Waals surface area (Å²) in [5.41, 5.74) is 4.93. The average Bonchev–Trinajstić information content (AvgIpc) is 2.01. The molecule has 0 heterocycles. The molecule has 0 spiro atoms. The molecule has 2 N–H and O–H groups in total. The van der Waals surface area contributed by atoms with E-state index in [2.05, 4.69) is 0 Å². The molecular weight excluding hydrogens is 168 g/mol. The Morgan fingerprint density at radius 3 is 2.46 bits per heavy atom. The Morgan fingerprint density at radius 2 is 2.08 bits per heavy atom. The van der Waals surface area contributed by atoms with Gasteiger partial charge in [0.15, 0.2) is 0 Å². The van der Waals surface area contributed by atoms with E-state index in [1.54, 1.807) is 13.8 Å². The maximum absolute atomic E-state index is 11.3. The second kappa shape index (κ2) is 5.19. The van der Waals surface area contributed by atoms with Gasteiger partial charge in [0, 0.05) is 0 Å². The summed E-state index contributed by atoms with van der Waals surface area (Å²) < 4.78 is 4.86. The van der Waals surface area contributed by atoms with Gasteiger partial charge in [-0.05, 0) is 40.9 Å². The fourth-order valence-corrected chi connectivity index (χ4v) is 0.854. The molecule has 0 aromatic heterocycles. The highest BCUT2D eigenvalue weighted by molar-refractivity contribution is 5.79. The summed E-state index contributed by atoms with van der Waals surface area (Å²) in [7, 11) is 3.89. The lowest BCUT2D eigenvalue weighted by Gasteiger charge is -2.23. The predicted octanol–water partition coefficient (Wildman–Crippen LogP) is 0.219. The lowest BCUT2D eigenvalue weighted by Crippen LogP contribution is -2.47. The van der Waals surface area contributed by atoms with Crippen LogP contribution in [0.1, 0.15) is 20.3 Å². The SMILES string of the molecule is CCOC(=O)C(C)(N)CCN(C)C. The van der Waals surface area contributed by atoms with E-state index < -0.39 is 5.54 Å². The maximum atomic E-state index is 11.3. The van der Waals surface area contributed by atoms with Gasteiger partial charge < -0.3 is 15.4 Å². The zero-order valence-corrected chi connectivity index (χ0v) is 8.96. The molecule has 0 rings (SSSR count). The molecular formula is C9H20N2O2. The zero-order valence-electron chi connectivity index (χ0n) is 8.96. The number of hydrogen-bond donors (Lipinski definition) is 1. The van der Waals surface area contributed by atoms with E-state index in [0.717, 1.165) is 6.54 Å². The van der Waals surface area contributed by atoms with Crippen molar-refractivity contribution in [1.82, 2.24) is 4.90 Å². The fraction of sp³-hybridized carbons (Fsp3) is 0.889. The fourth-order valence-electron chi connectivity index (χ4n) is 0.854. The minimum atomic E-state index is -0.861. The quantitative estimate of drug-likeness (QED) is 0.627. The highest BCUT2D eigenvalue weighted by Gasteiger charge is 2.29. The van der Waals surface area contributed by atoms with Crippen LogP contribution in [0.4, 0.5) is 0 Å². The summed E-state index contributed by atoms with van der Waals surface area (Å²) in [5.74, 6) is -0.322. The first-order chi connectivity index (χ1) is 5.90. The van der Waals surface area contributed by atoms with Gasteiger partial charge in [-0.3, -0.25) is 4.79 Å². The van der Waals surface area contributed by atoms with Gasteiger partial charge in [-0.25, -0.2) is 0 Å². The van der Waals surface area contributed by atoms with Gasteiger partial charge in [-0.2, -0.15) is 0 Å². The van der Waals surface area contributed by atoms with E-state index >= 15 is 0 Å². The van der Waals surface area contributed by atoms with Crippen molar-refractivity contribution in [2.75, 3.05) is 27.2 Å². The summed E-state index contributed by atoms with van der Waals surface area (Å²) in [4.78, 5) is 13.3. The van der Waals surface area contributed by atoms with E-state index in [4.69, 9.17) is 10.5 Å². The van der Waals surface area contributed by atoms with Gasteiger partial charge in [0.2, 0.25) is 0 Å². The van der Waals surface area contributed by atoms with Crippen molar-refractivity contribution >= 4 is 5.97 Å². The van der Waals surface area contributed by atoms with Crippen LogP contribution in [0.2, 0.25) is 0 Å². The average molecular weight is 188 g/mol. The highest BCUT2D eigenvalue weighted by Crippen LogP contribution is 2.08. The van der Waals surface area contributed by atoms with Crippen molar-refractivity contribution in [3.8, 4) is 0 Å². The maximum Gasteiger partial charge on any atom is 0.325 e. The number of nitrogens with two attached hydrogens (primary N) is 1. The van der Waals surface area contributed by atoms with E-state index in [1.165, 1.54) is 0 Å². The van der Waals surface area contributed by atoms with Crippen molar-refractivity contribution in [2.45, 2.75) is 25.8 Å². The van der Waals surface area contributed by atoms with Crippen molar-refractivity contribution in [3.05, 3.63) is 0 Å². The molecule has 78 valence electrons. The number of rotatable bonds is 5. The van der Waals surface area contributed by atoms with Crippen LogP contribution in [0.25, 0.3) is 0 Å². The molecule has 4 heteroatoms. The Kier molecular flexibility index (Phi) is 4.95. The van der Waals surface area contributed by atoms with Crippen LogP contribution in [0, 0.1) is 0 Å². The van der Waals surface area contributed by atoms with Gasteiger partial charge in [0.25, 0.3) is 0 Å². The molecule has 0 radical (unpaired) electrons. The summed E-state index contributed by atoms with van der Waals surface area (Å²) >= 11 is 0. The number of esters is 1. The third kappa shape index (κ3) is 4.85. The van der Waals surface area contributed by atoms with Gasteiger partial charge in [0.1, 0.15) is 5.54 Å². The molecule has 0 aromatic rings. The molecule has 1 unspecified atom stereocenters. The van der Waals surface area contributed by atoms with E-state index in [9.17, 15) is 4.79 Å². The van der Waals surface area contributed by atoms with Crippen LogP contribution < -0.4 is 5.73 Å². The lowest BCUT2D eigenvalue weighted by molar-refractivity contribution is -0.149. The van der Waals surface area contributed by atoms with Crippen molar-refractivity contribution < 1.29 is 9.53 Å². The molecule has 0 aromatic carbocycles.